The summed E-state index contributed by atoms with van der Waals surface area (Å²) in [5, 5.41) is 3.26. The Balaban J connectivity index is 2.21. The van der Waals surface area contributed by atoms with Crippen LogP contribution in [0, 0.1) is 0 Å². The van der Waals surface area contributed by atoms with Crippen LogP contribution in [-0.2, 0) is 6.54 Å². The molecule has 0 radical (unpaired) electrons. The van der Waals surface area contributed by atoms with Crippen molar-refractivity contribution in [2.75, 3.05) is 19.0 Å². The molecule has 1 aliphatic rings. The van der Waals surface area contributed by atoms with Crippen molar-refractivity contribution < 1.29 is 0 Å². The van der Waals surface area contributed by atoms with Crippen molar-refractivity contribution in [1.29, 1.82) is 0 Å². The fourth-order valence-corrected chi connectivity index (χ4v) is 3.22. The summed E-state index contributed by atoms with van der Waals surface area (Å²) >= 11 is 3.59. The third-order valence-corrected chi connectivity index (χ3v) is 4.41. The molecule has 100 valence electrons. The van der Waals surface area contributed by atoms with Crippen molar-refractivity contribution in [1.82, 2.24) is 5.32 Å². The Morgan fingerprint density at radius 3 is 2.67 bits per heavy atom. The predicted molar refractivity (Wildman–Crippen MR) is 82.2 cm³/mol. The first kappa shape index (κ1) is 13.9. The summed E-state index contributed by atoms with van der Waals surface area (Å²) in [7, 11) is 4.25. The van der Waals surface area contributed by atoms with Gasteiger partial charge in [-0.1, -0.05) is 41.3 Å². The number of halogens is 1. The van der Waals surface area contributed by atoms with E-state index in [1.54, 1.807) is 0 Å². The molecule has 2 rings (SSSR count). The molecule has 0 spiro atoms. The lowest BCUT2D eigenvalue weighted by atomic mass is 9.94. The van der Waals surface area contributed by atoms with Crippen LogP contribution in [0.15, 0.2) is 22.7 Å². The van der Waals surface area contributed by atoms with Crippen LogP contribution in [0.25, 0.3) is 0 Å². The molecule has 1 saturated carbocycles. The van der Waals surface area contributed by atoms with Gasteiger partial charge in [-0.05, 0) is 37.6 Å². The minimum Gasteiger partial charge on any atom is -0.371 e. The third kappa shape index (κ3) is 3.27. The second-order valence-electron chi connectivity index (χ2n) is 5.21. The van der Waals surface area contributed by atoms with E-state index in [0.29, 0.717) is 6.04 Å². The second-order valence-corrected chi connectivity index (χ2v) is 6.12. The molecule has 2 nitrogen and oxygen atoms in total. The van der Waals surface area contributed by atoms with Crippen molar-refractivity contribution >= 4 is 21.6 Å². The molecule has 1 aromatic rings. The van der Waals surface area contributed by atoms with Gasteiger partial charge in [-0.2, -0.15) is 0 Å². The smallest absolute Gasteiger partial charge is 0.0423 e. The molecule has 1 fully saturated rings. The van der Waals surface area contributed by atoms with Crippen molar-refractivity contribution in [2.24, 2.45) is 0 Å². The zero-order chi connectivity index (χ0) is 13.0. The lowest BCUT2D eigenvalue weighted by molar-refractivity contribution is 0.427. The minimum atomic E-state index is 0.712. The van der Waals surface area contributed by atoms with E-state index < -0.39 is 0 Å². The van der Waals surface area contributed by atoms with Crippen molar-refractivity contribution in [3.63, 3.8) is 0 Å². The van der Waals surface area contributed by atoms with Gasteiger partial charge in [0.1, 0.15) is 0 Å². The van der Waals surface area contributed by atoms with Crippen molar-refractivity contribution in [2.45, 2.75) is 44.7 Å². The Bertz CT molecular complexity index is 386. The van der Waals surface area contributed by atoms with Crippen LogP contribution in [0.2, 0.25) is 0 Å². The first-order valence-corrected chi connectivity index (χ1v) is 7.67. The Labute approximate surface area is 119 Å². The topological polar surface area (TPSA) is 15.3 Å². The van der Waals surface area contributed by atoms with E-state index in [1.165, 1.54) is 47.8 Å². The number of nitrogens with one attached hydrogen (secondary N) is 1. The SMILES string of the molecule is CNCc1ccc(Br)cc1N(C)C1CCCCC1. The molecule has 0 bridgehead atoms. The summed E-state index contributed by atoms with van der Waals surface area (Å²) in [5.74, 6) is 0. The van der Waals surface area contributed by atoms with E-state index in [0.717, 1.165) is 6.54 Å². The van der Waals surface area contributed by atoms with Gasteiger partial charge in [0.15, 0.2) is 0 Å². The molecule has 1 aromatic carbocycles. The number of hydrogen-bond donors (Lipinski definition) is 1. The van der Waals surface area contributed by atoms with Gasteiger partial charge in [0, 0.05) is 29.8 Å². The normalized spacial score (nSPS) is 16.8. The van der Waals surface area contributed by atoms with E-state index in [-0.39, 0.29) is 0 Å². The first-order valence-electron chi connectivity index (χ1n) is 6.88. The maximum absolute atomic E-state index is 3.59. The highest BCUT2D eigenvalue weighted by atomic mass is 79.9. The molecule has 1 N–H and O–H groups in total. The Kier molecular flexibility index (Phi) is 5.07. The number of benzene rings is 1. The van der Waals surface area contributed by atoms with E-state index in [9.17, 15) is 0 Å². The van der Waals surface area contributed by atoms with E-state index in [2.05, 4.69) is 51.4 Å². The Morgan fingerprint density at radius 1 is 1.28 bits per heavy atom. The fourth-order valence-electron chi connectivity index (χ4n) is 2.87. The van der Waals surface area contributed by atoms with Gasteiger partial charge < -0.3 is 10.2 Å². The van der Waals surface area contributed by atoms with Gasteiger partial charge >= 0.3 is 0 Å². The van der Waals surface area contributed by atoms with Crippen LogP contribution >= 0.6 is 15.9 Å². The molecule has 0 aliphatic heterocycles. The molecule has 0 atom stereocenters. The summed E-state index contributed by atoms with van der Waals surface area (Å²) in [6, 6.07) is 7.31. The molecule has 0 unspecified atom stereocenters. The van der Waals surface area contributed by atoms with Crippen molar-refractivity contribution in [3.05, 3.63) is 28.2 Å². The largest absolute Gasteiger partial charge is 0.371 e. The van der Waals surface area contributed by atoms with Crippen LogP contribution in [0.4, 0.5) is 5.69 Å². The van der Waals surface area contributed by atoms with Gasteiger partial charge in [-0.3, -0.25) is 0 Å². The standard InChI is InChI=1S/C15H23BrN2/c1-17-11-12-8-9-13(16)10-15(12)18(2)14-6-4-3-5-7-14/h8-10,14,17H,3-7,11H2,1-2H3. The highest BCUT2D eigenvalue weighted by Gasteiger charge is 2.20. The lowest BCUT2D eigenvalue weighted by Gasteiger charge is -2.34. The molecular formula is C15H23BrN2. The highest BCUT2D eigenvalue weighted by Crippen LogP contribution is 2.30. The summed E-state index contributed by atoms with van der Waals surface area (Å²) < 4.78 is 1.17. The van der Waals surface area contributed by atoms with Gasteiger partial charge in [0.2, 0.25) is 0 Å². The summed E-state index contributed by atoms with van der Waals surface area (Å²) in [6.45, 7) is 0.930. The predicted octanol–water partition coefficient (Wildman–Crippen LogP) is 3.94. The second kappa shape index (κ2) is 6.58. The van der Waals surface area contributed by atoms with E-state index >= 15 is 0 Å². The maximum Gasteiger partial charge on any atom is 0.0423 e. The monoisotopic (exact) mass is 310 g/mol. The summed E-state index contributed by atoms with van der Waals surface area (Å²) in [4.78, 5) is 2.48. The number of hydrogen-bond acceptors (Lipinski definition) is 2. The van der Waals surface area contributed by atoms with Crippen LogP contribution < -0.4 is 10.2 Å². The van der Waals surface area contributed by atoms with Gasteiger partial charge in [0.25, 0.3) is 0 Å². The summed E-state index contributed by atoms with van der Waals surface area (Å²) in [5.41, 5.74) is 2.75. The quantitative estimate of drug-likeness (QED) is 0.906. The maximum atomic E-state index is 3.59. The van der Waals surface area contributed by atoms with Crippen LogP contribution in [0.5, 0.6) is 0 Å². The van der Waals surface area contributed by atoms with E-state index in [1.807, 2.05) is 7.05 Å². The Morgan fingerprint density at radius 2 is 2.00 bits per heavy atom. The first-order chi connectivity index (χ1) is 8.72. The number of rotatable bonds is 4. The van der Waals surface area contributed by atoms with Gasteiger partial charge in [-0.25, -0.2) is 0 Å². The zero-order valence-electron chi connectivity index (χ0n) is 11.4. The molecular weight excluding hydrogens is 288 g/mol. The van der Waals surface area contributed by atoms with E-state index in [4.69, 9.17) is 0 Å². The third-order valence-electron chi connectivity index (χ3n) is 3.92. The van der Waals surface area contributed by atoms with Crippen LogP contribution in [0.3, 0.4) is 0 Å². The van der Waals surface area contributed by atoms with Crippen LogP contribution in [-0.4, -0.2) is 20.1 Å². The number of nitrogens with zero attached hydrogens (tertiary/aromatic N) is 1. The molecule has 1 aliphatic carbocycles. The van der Waals surface area contributed by atoms with Gasteiger partial charge in [0.05, 0.1) is 0 Å². The van der Waals surface area contributed by atoms with Gasteiger partial charge in [-0.15, -0.1) is 0 Å². The van der Waals surface area contributed by atoms with Crippen LogP contribution in [0.1, 0.15) is 37.7 Å². The molecule has 0 aromatic heterocycles. The molecule has 0 amide bonds. The number of anilines is 1. The lowest BCUT2D eigenvalue weighted by Crippen LogP contribution is -2.34. The summed E-state index contributed by atoms with van der Waals surface area (Å²) in [6.07, 6.45) is 6.84. The van der Waals surface area contributed by atoms with Crippen molar-refractivity contribution in [3.8, 4) is 0 Å². The minimum absolute atomic E-state index is 0.712. The molecule has 3 heteroatoms. The molecule has 18 heavy (non-hydrogen) atoms. The highest BCUT2D eigenvalue weighted by molar-refractivity contribution is 9.10. The fraction of sp³-hybridized carbons (Fsp3) is 0.600. The molecule has 0 heterocycles. The average Bonchev–Trinajstić information content (AvgIpc) is 2.41. The zero-order valence-corrected chi connectivity index (χ0v) is 13.0. The average molecular weight is 311 g/mol. The molecule has 0 saturated heterocycles. The Hall–Kier alpha value is -0.540.